The molecule has 0 aliphatic heterocycles. The molecule has 2 aromatic carbocycles. The average Bonchev–Trinajstić information content (AvgIpc) is 2.67. The van der Waals surface area contributed by atoms with Crippen LogP contribution in [0.5, 0.6) is 0 Å². The molecule has 2 atom stereocenters. The molecule has 4 nitrogen and oxygen atoms in total. The molecule has 2 aromatic rings. The van der Waals surface area contributed by atoms with Gasteiger partial charge in [0.05, 0.1) is 13.7 Å². The van der Waals surface area contributed by atoms with Gasteiger partial charge in [-0.15, -0.1) is 5.54 Å². The zero-order valence-electron chi connectivity index (χ0n) is 16.2. The van der Waals surface area contributed by atoms with Crippen molar-refractivity contribution in [2.24, 2.45) is 0 Å². The third-order valence-corrected chi connectivity index (χ3v) is 4.86. The monoisotopic (exact) mass is 382 g/mol. The largest absolute Gasteiger partial charge is 0.467 e. The second kappa shape index (κ2) is 9.00. The molecular formula is C22H26O4Si. The van der Waals surface area contributed by atoms with Crippen LogP contribution in [0.1, 0.15) is 11.1 Å². The Hall–Kier alpha value is -2.39. The highest BCUT2D eigenvalue weighted by Crippen LogP contribution is 2.32. The van der Waals surface area contributed by atoms with E-state index in [1.54, 1.807) is 24.3 Å². The molecule has 0 bridgehead atoms. The minimum atomic E-state index is -1.76. The van der Waals surface area contributed by atoms with E-state index in [4.69, 9.17) is 9.47 Å². The van der Waals surface area contributed by atoms with Crippen molar-refractivity contribution in [1.29, 1.82) is 0 Å². The highest BCUT2D eigenvalue weighted by Gasteiger charge is 2.49. The van der Waals surface area contributed by atoms with Crippen LogP contribution in [0.3, 0.4) is 0 Å². The molecule has 0 unspecified atom stereocenters. The minimum Gasteiger partial charge on any atom is -0.467 e. The number of hydrogen-bond acceptors (Lipinski definition) is 4. The van der Waals surface area contributed by atoms with E-state index in [9.17, 15) is 9.90 Å². The van der Waals surface area contributed by atoms with Crippen LogP contribution in [-0.2, 0) is 26.5 Å². The number of benzene rings is 2. The van der Waals surface area contributed by atoms with Crippen LogP contribution in [0.15, 0.2) is 60.7 Å². The quantitative estimate of drug-likeness (QED) is 0.472. The lowest BCUT2D eigenvalue weighted by molar-refractivity contribution is -0.187. The average molecular weight is 383 g/mol. The Morgan fingerprint density at radius 2 is 1.63 bits per heavy atom. The summed E-state index contributed by atoms with van der Waals surface area (Å²) >= 11 is 0. The van der Waals surface area contributed by atoms with Crippen molar-refractivity contribution < 1.29 is 19.4 Å². The van der Waals surface area contributed by atoms with Crippen molar-refractivity contribution in [2.75, 3.05) is 7.11 Å². The third-order valence-electron chi connectivity index (χ3n) is 3.97. The number of carbonyl (C=O) groups is 1. The van der Waals surface area contributed by atoms with Gasteiger partial charge in [-0.3, -0.25) is 0 Å². The van der Waals surface area contributed by atoms with Crippen molar-refractivity contribution in [1.82, 2.24) is 0 Å². The molecule has 0 aliphatic carbocycles. The highest BCUT2D eigenvalue weighted by atomic mass is 28.3. The Morgan fingerprint density at radius 3 is 2.15 bits per heavy atom. The summed E-state index contributed by atoms with van der Waals surface area (Å²) in [7, 11) is -0.478. The van der Waals surface area contributed by atoms with Crippen LogP contribution < -0.4 is 0 Å². The first kappa shape index (κ1) is 20.9. The Bertz CT molecular complexity index is 803. The van der Waals surface area contributed by atoms with E-state index >= 15 is 0 Å². The Balaban J connectivity index is 2.52. The molecular weight excluding hydrogens is 356 g/mol. The zero-order chi connectivity index (χ0) is 19.9. The van der Waals surface area contributed by atoms with Crippen molar-refractivity contribution in [3.63, 3.8) is 0 Å². The summed E-state index contributed by atoms with van der Waals surface area (Å²) in [6.45, 7) is 6.34. The normalized spacial score (nSPS) is 14.4. The standard InChI is InChI=1S/C22H26O4Si/c1-25-21(24)22(19-13-9-6-10-14-19,20(23)15-16-27(2,3)4)26-17-18-11-7-5-8-12-18/h5-14,20,23H,17H2,1-4H3/t20-,22-/m1/s1. The maximum atomic E-state index is 12.9. The molecule has 0 heterocycles. The molecule has 0 aliphatic rings. The lowest BCUT2D eigenvalue weighted by Crippen LogP contribution is -2.49. The molecule has 27 heavy (non-hydrogen) atoms. The summed E-state index contributed by atoms with van der Waals surface area (Å²) in [6, 6.07) is 18.4. The van der Waals surface area contributed by atoms with Crippen LogP contribution in [0, 0.1) is 11.5 Å². The summed E-state index contributed by atoms with van der Waals surface area (Å²) in [5.41, 5.74) is 2.79. The minimum absolute atomic E-state index is 0.135. The molecule has 0 amide bonds. The Labute approximate surface area is 162 Å². The number of rotatable bonds is 6. The molecule has 0 aromatic heterocycles. The van der Waals surface area contributed by atoms with E-state index < -0.39 is 25.7 Å². The van der Waals surface area contributed by atoms with Gasteiger partial charge in [-0.1, -0.05) is 86.2 Å². The van der Waals surface area contributed by atoms with Gasteiger partial charge in [0, 0.05) is 0 Å². The number of carbonyl (C=O) groups excluding carboxylic acids is 1. The van der Waals surface area contributed by atoms with Gasteiger partial charge in [-0.25, -0.2) is 4.79 Å². The fraction of sp³-hybridized carbons (Fsp3) is 0.318. The van der Waals surface area contributed by atoms with Gasteiger partial charge < -0.3 is 14.6 Å². The van der Waals surface area contributed by atoms with E-state index in [-0.39, 0.29) is 6.61 Å². The molecule has 1 N–H and O–H groups in total. The van der Waals surface area contributed by atoms with Gasteiger partial charge >= 0.3 is 5.97 Å². The van der Waals surface area contributed by atoms with Crippen molar-refractivity contribution in [3.05, 3.63) is 71.8 Å². The van der Waals surface area contributed by atoms with Crippen LogP contribution in [0.4, 0.5) is 0 Å². The van der Waals surface area contributed by atoms with E-state index in [1.165, 1.54) is 7.11 Å². The summed E-state index contributed by atoms with van der Waals surface area (Å²) in [5.74, 6) is 2.18. The van der Waals surface area contributed by atoms with Crippen LogP contribution >= 0.6 is 0 Å². The second-order valence-corrected chi connectivity index (χ2v) is 12.0. The van der Waals surface area contributed by atoms with E-state index in [0.717, 1.165) is 5.56 Å². The third kappa shape index (κ3) is 5.30. The molecule has 0 spiro atoms. The predicted molar refractivity (Wildman–Crippen MR) is 108 cm³/mol. The van der Waals surface area contributed by atoms with Crippen LogP contribution in [0.2, 0.25) is 19.6 Å². The van der Waals surface area contributed by atoms with Crippen LogP contribution in [0.25, 0.3) is 0 Å². The summed E-state index contributed by atoms with van der Waals surface area (Å²) in [6.07, 6.45) is -1.36. The van der Waals surface area contributed by atoms with Crippen molar-refractivity contribution in [3.8, 4) is 11.5 Å². The van der Waals surface area contributed by atoms with Crippen LogP contribution in [-0.4, -0.2) is 32.4 Å². The topological polar surface area (TPSA) is 55.8 Å². The number of methoxy groups -OCH3 is 1. The predicted octanol–water partition coefficient (Wildman–Crippen LogP) is 3.51. The van der Waals surface area contributed by atoms with Gasteiger partial charge in [0.1, 0.15) is 8.07 Å². The summed E-state index contributed by atoms with van der Waals surface area (Å²) in [5, 5.41) is 11.0. The molecule has 2 rings (SSSR count). The van der Waals surface area contributed by atoms with Crippen molar-refractivity contribution in [2.45, 2.75) is 38.0 Å². The van der Waals surface area contributed by atoms with Gasteiger partial charge in [0.2, 0.25) is 5.60 Å². The number of aliphatic hydroxyl groups is 1. The van der Waals surface area contributed by atoms with Gasteiger partial charge in [-0.05, 0) is 11.1 Å². The molecule has 142 valence electrons. The number of ether oxygens (including phenoxy) is 2. The summed E-state index contributed by atoms with van der Waals surface area (Å²) in [4.78, 5) is 12.9. The van der Waals surface area contributed by atoms with E-state index in [1.807, 2.05) is 36.4 Å². The maximum absolute atomic E-state index is 12.9. The van der Waals surface area contributed by atoms with E-state index in [0.29, 0.717) is 5.56 Å². The second-order valence-electron chi connectivity index (χ2n) is 7.29. The van der Waals surface area contributed by atoms with E-state index in [2.05, 4.69) is 31.1 Å². The molecule has 0 fully saturated rings. The summed E-state index contributed by atoms with van der Waals surface area (Å²) < 4.78 is 11.1. The molecule has 5 heteroatoms. The fourth-order valence-electron chi connectivity index (χ4n) is 2.60. The lowest BCUT2D eigenvalue weighted by atomic mass is 9.87. The first-order valence-corrected chi connectivity index (χ1v) is 12.3. The smallest absolute Gasteiger partial charge is 0.346 e. The first-order chi connectivity index (χ1) is 12.8. The Kier molecular flexibility index (Phi) is 6.97. The lowest BCUT2D eigenvalue weighted by Gasteiger charge is -2.33. The molecule has 0 radical (unpaired) electrons. The number of aliphatic hydroxyl groups excluding tert-OH is 1. The SMILES string of the molecule is COC(=O)[C@@](OCc1ccccc1)(c1ccccc1)[C@H](O)C#C[Si](C)(C)C. The Morgan fingerprint density at radius 1 is 1.07 bits per heavy atom. The number of esters is 1. The maximum Gasteiger partial charge on any atom is 0.346 e. The number of hydrogen-bond donors (Lipinski definition) is 1. The molecule has 0 saturated heterocycles. The van der Waals surface area contributed by atoms with Crippen molar-refractivity contribution >= 4 is 14.0 Å². The highest BCUT2D eigenvalue weighted by molar-refractivity contribution is 6.83. The zero-order valence-corrected chi connectivity index (χ0v) is 17.2. The fourth-order valence-corrected chi connectivity index (χ4v) is 3.17. The van der Waals surface area contributed by atoms with Gasteiger partial charge in [0.25, 0.3) is 0 Å². The first-order valence-electron chi connectivity index (χ1n) is 8.82. The van der Waals surface area contributed by atoms with Gasteiger partial charge in [-0.2, -0.15) is 0 Å². The van der Waals surface area contributed by atoms with Gasteiger partial charge in [0.15, 0.2) is 6.10 Å². The molecule has 0 saturated carbocycles.